The first-order chi connectivity index (χ1) is 14.2. The highest BCUT2D eigenvalue weighted by Gasteiger charge is 2.19. The molecule has 0 radical (unpaired) electrons. The van der Waals surface area contributed by atoms with E-state index in [9.17, 15) is 13.2 Å². The van der Waals surface area contributed by atoms with E-state index in [0.717, 1.165) is 12.0 Å². The molecule has 0 fully saturated rings. The van der Waals surface area contributed by atoms with Gasteiger partial charge in [-0.15, -0.1) is 0 Å². The lowest BCUT2D eigenvalue weighted by Gasteiger charge is -2.23. The van der Waals surface area contributed by atoms with Crippen LogP contribution in [-0.4, -0.2) is 34.2 Å². The first-order valence-corrected chi connectivity index (χ1v) is 12.0. The molecule has 2 aromatic rings. The van der Waals surface area contributed by atoms with Crippen molar-refractivity contribution < 1.29 is 17.9 Å². The molecule has 0 spiro atoms. The van der Waals surface area contributed by atoms with Crippen LogP contribution >= 0.6 is 0 Å². The van der Waals surface area contributed by atoms with E-state index in [1.165, 1.54) is 28.8 Å². The molecule has 2 aromatic carbocycles. The van der Waals surface area contributed by atoms with E-state index in [1.807, 2.05) is 13.0 Å². The van der Waals surface area contributed by atoms with Crippen LogP contribution < -0.4 is 14.4 Å². The Morgan fingerprint density at radius 3 is 2.47 bits per heavy atom. The number of amides is 1. The molecule has 0 bridgehead atoms. The van der Waals surface area contributed by atoms with Gasteiger partial charge in [-0.1, -0.05) is 31.2 Å². The minimum absolute atomic E-state index is 0.0544. The maximum Gasteiger partial charge on any atom is 0.232 e. The fourth-order valence-electron chi connectivity index (χ4n) is 3.30. The standard InChI is InChI=1S/C23H32N2O4S/c1-6-22(19-13-12-17(2)18(3)15-19)24-23(26)11-8-14-25(30(5,27)28)20-9-7-10-21(16-20)29-4/h7,9-10,12-13,15-16,22H,6,8,11,14H2,1-5H3,(H,24,26)/t22-/m0/s1. The van der Waals surface area contributed by atoms with Gasteiger partial charge in [0.05, 0.1) is 25.1 Å². The van der Waals surface area contributed by atoms with Crippen molar-refractivity contribution in [2.24, 2.45) is 0 Å². The summed E-state index contributed by atoms with van der Waals surface area (Å²) < 4.78 is 31.0. The number of carbonyl (C=O) groups excluding carboxylic acids is 1. The average Bonchev–Trinajstić information content (AvgIpc) is 2.70. The largest absolute Gasteiger partial charge is 0.497 e. The Bertz CT molecular complexity index is 973. The van der Waals surface area contributed by atoms with Crippen molar-refractivity contribution in [2.45, 2.75) is 46.1 Å². The number of ether oxygens (including phenoxy) is 1. The van der Waals surface area contributed by atoms with E-state index in [2.05, 4.69) is 31.3 Å². The van der Waals surface area contributed by atoms with Crippen molar-refractivity contribution in [3.05, 3.63) is 59.2 Å². The van der Waals surface area contributed by atoms with E-state index in [4.69, 9.17) is 4.74 Å². The van der Waals surface area contributed by atoms with Crippen LogP contribution in [0.2, 0.25) is 0 Å². The fourth-order valence-corrected chi connectivity index (χ4v) is 4.26. The number of carbonyl (C=O) groups is 1. The molecule has 0 heterocycles. The first-order valence-electron chi connectivity index (χ1n) is 10.1. The van der Waals surface area contributed by atoms with Gasteiger partial charge >= 0.3 is 0 Å². The summed E-state index contributed by atoms with van der Waals surface area (Å²) in [6, 6.07) is 13.1. The van der Waals surface area contributed by atoms with Crippen LogP contribution in [0.4, 0.5) is 5.69 Å². The number of benzene rings is 2. The maximum atomic E-state index is 12.5. The predicted octanol–water partition coefficient (Wildman–Crippen LogP) is 4.13. The van der Waals surface area contributed by atoms with Crippen LogP contribution in [0.3, 0.4) is 0 Å². The Hall–Kier alpha value is -2.54. The number of hydrogen-bond acceptors (Lipinski definition) is 4. The van der Waals surface area contributed by atoms with E-state index in [1.54, 1.807) is 24.3 Å². The van der Waals surface area contributed by atoms with E-state index < -0.39 is 10.0 Å². The highest BCUT2D eigenvalue weighted by molar-refractivity contribution is 7.92. The van der Waals surface area contributed by atoms with Gasteiger partial charge in [-0.05, 0) is 55.5 Å². The Labute approximate surface area is 180 Å². The molecule has 30 heavy (non-hydrogen) atoms. The fraction of sp³-hybridized carbons (Fsp3) is 0.435. The van der Waals surface area contributed by atoms with Gasteiger partial charge in [0, 0.05) is 19.0 Å². The number of hydrogen-bond donors (Lipinski definition) is 1. The van der Waals surface area contributed by atoms with Crippen molar-refractivity contribution in [3.8, 4) is 5.75 Å². The molecular formula is C23H32N2O4S. The molecule has 1 N–H and O–H groups in total. The van der Waals surface area contributed by atoms with E-state index in [-0.39, 0.29) is 24.9 Å². The molecule has 0 saturated carbocycles. The number of sulfonamides is 1. The average molecular weight is 433 g/mol. The molecule has 0 aliphatic heterocycles. The molecule has 1 atom stereocenters. The third-order valence-corrected chi connectivity index (χ3v) is 6.38. The number of methoxy groups -OCH3 is 1. The molecule has 0 aromatic heterocycles. The quantitative estimate of drug-likeness (QED) is 0.613. The van der Waals surface area contributed by atoms with E-state index in [0.29, 0.717) is 17.9 Å². The molecular weight excluding hydrogens is 400 g/mol. The van der Waals surface area contributed by atoms with Gasteiger partial charge in [-0.25, -0.2) is 8.42 Å². The minimum atomic E-state index is -3.47. The summed E-state index contributed by atoms with van der Waals surface area (Å²) in [7, 11) is -1.94. The van der Waals surface area contributed by atoms with Crippen LogP contribution in [0.15, 0.2) is 42.5 Å². The molecule has 7 heteroatoms. The van der Waals surface area contributed by atoms with Gasteiger partial charge in [-0.2, -0.15) is 0 Å². The van der Waals surface area contributed by atoms with Crippen LogP contribution in [0.1, 0.15) is 48.9 Å². The van der Waals surface area contributed by atoms with Gasteiger partial charge < -0.3 is 10.1 Å². The molecule has 0 unspecified atom stereocenters. The van der Waals surface area contributed by atoms with Gasteiger partial charge in [0.2, 0.25) is 15.9 Å². The van der Waals surface area contributed by atoms with Crippen molar-refractivity contribution in [1.82, 2.24) is 5.32 Å². The Balaban J connectivity index is 2.00. The molecule has 6 nitrogen and oxygen atoms in total. The number of aryl methyl sites for hydroxylation is 2. The molecule has 2 rings (SSSR count). The highest BCUT2D eigenvalue weighted by Crippen LogP contribution is 2.24. The summed E-state index contributed by atoms with van der Waals surface area (Å²) in [6.45, 7) is 6.38. The van der Waals surface area contributed by atoms with Crippen LogP contribution in [0.25, 0.3) is 0 Å². The summed E-state index contributed by atoms with van der Waals surface area (Å²) in [5, 5.41) is 3.07. The van der Waals surface area contributed by atoms with Gasteiger partial charge in [0.15, 0.2) is 0 Å². The number of nitrogens with zero attached hydrogens (tertiary/aromatic N) is 1. The second-order valence-electron chi connectivity index (χ2n) is 7.51. The summed E-state index contributed by atoms with van der Waals surface area (Å²) in [6.07, 6.45) is 2.61. The smallest absolute Gasteiger partial charge is 0.232 e. The monoisotopic (exact) mass is 432 g/mol. The summed E-state index contributed by atoms with van der Waals surface area (Å²) >= 11 is 0. The Morgan fingerprint density at radius 2 is 1.87 bits per heavy atom. The maximum absolute atomic E-state index is 12.5. The zero-order valence-electron chi connectivity index (χ0n) is 18.4. The second kappa shape index (κ2) is 10.5. The van der Waals surface area contributed by atoms with Crippen LogP contribution in [0.5, 0.6) is 5.75 Å². The molecule has 164 valence electrons. The number of anilines is 1. The minimum Gasteiger partial charge on any atom is -0.497 e. The van der Waals surface area contributed by atoms with E-state index >= 15 is 0 Å². The Morgan fingerprint density at radius 1 is 1.13 bits per heavy atom. The molecule has 0 saturated heterocycles. The molecule has 0 aliphatic rings. The normalized spacial score (nSPS) is 12.3. The lowest BCUT2D eigenvalue weighted by atomic mass is 9.99. The van der Waals surface area contributed by atoms with Crippen molar-refractivity contribution >= 4 is 21.6 Å². The topological polar surface area (TPSA) is 75.7 Å². The summed E-state index contributed by atoms with van der Waals surface area (Å²) in [5.74, 6) is 0.497. The Kier molecular flexibility index (Phi) is 8.29. The van der Waals surface area contributed by atoms with Crippen molar-refractivity contribution in [2.75, 3.05) is 24.2 Å². The zero-order chi connectivity index (χ0) is 22.3. The summed E-state index contributed by atoms with van der Waals surface area (Å²) in [4.78, 5) is 12.5. The van der Waals surface area contributed by atoms with Gasteiger partial charge in [0.25, 0.3) is 0 Å². The SMILES string of the molecule is CC[C@H](NC(=O)CCCN(c1cccc(OC)c1)S(C)(=O)=O)c1ccc(C)c(C)c1. The molecule has 0 aliphatic carbocycles. The zero-order valence-corrected chi connectivity index (χ0v) is 19.3. The summed E-state index contributed by atoms with van der Waals surface area (Å²) in [5.41, 5.74) is 4.03. The lowest BCUT2D eigenvalue weighted by molar-refractivity contribution is -0.121. The first kappa shape index (κ1) is 23.7. The third kappa shape index (κ3) is 6.49. The molecule has 1 amide bonds. The number of rotatable bonds is 10. The predicted molar refractivity (Wildman–Crippen MR) is 122 cm³/mol. The van der Waals surface area contributed by atoms with Crippen LogP contribution in [0, 0.1) is 13.8 Å². The number of nitrogens with one attached hydrogen (secondary N) is 1. The van der Waals surface area contributed by atoms with Gasteiger partial charge in [0.1, 0.15) is 5.75 Å². The lowest BCUT2D eigenvalue weighted by Crippen LogP contribution is -2.33. The van der Waals surface area contributed by atoms with Gasteiger partial charge in [-0.3, -0.25) is 9.10 Å². The van der Waals surface area contributed by atoms with Crippen molar-refractivity contribution in [3.63, 3.8) is 0 Å². The highest BCUT2D eigenvalue weighted by atomic mass is 32.2. The van der Waals surface area contributed by atoms with Crippen LogP contribution in [-0.2, 0) is 14.8 Å². The van der Waals surface area contributed by atoms with Crippen molar-refractivity contribution in [1.29, 1.82) is 0 Å². The third-order valence-electron chi connectivity index (χ3n) is 5.18. The second-order valence-corrected chi connectivity index (χ2v) is 9.42.